The molecular formula is C9H12N+. The molecule has 2 bridgehead atoms. The summed E-state index contributed by atoms with van der Waals surface area (Å²) in [7, 11) is 0. The second kappa shape index (κ2) is 2.20. The number of nitriles is 1. The van der Waals surface area contributed by atoms with E-state index in [4.69, 9.17) is 5.26 Å². The van der Waals surface area contributed by atoms with E-state index in [0.717, 1.165) is 12.3 Å². The van der Waals surface area contributed by atoms with Crippen molar-refractivity contribution < 1.29 is 0 Å². The molecule has 3 saturated carbocycles. The largest absolute Gasteiger partial charge is 0.198 e. The summed E-state index contributed by atoms with van der Waals surface area (Å²) in [5, 5.41) is 8.75. The predicted octanol–water partition coefficient (Wildman–Crippen LogP) is 2.29. The molecule has 1 heteroatoms. The third kappa shape index (κ3) is 0.794. The molecule has 0 aromatic rings. The van der Waals surface area contributed by atoms with Crippen molar-refractivity contribution in [2.75, 3.05) is 0 Å². The van der Waals surface area contributed by atoms with E-state index < -0.39 is 0 Å². The van der Waals surface area contributed by atoms with E-state index >= 15 is 0 Å². The van der Waals surface area contributed by atoms with Crippen LogP contribution in [0.3, 0.4) is 0 Å². The summed E-state index contributed by atoms with van der Waals surface area (Å²) >= 11 is 0. The van der Waals surface area contributed by atoms with Gasteiger partial charge in [0.25, 0.3) is 0 Å². The number of rotatable bonds is 0. The highest BCUT2D eigenvalue weighted by Gasteiger charge is 2.42. The molecule has 3 aliphatic carbocycles. The monoisotopic (exact) mass is 134 g/mol. The molecule has 0 N–H and O–H groups in total. The second-order valence-electron chi connectivity index (χ2n) is 3.53. The van der Waals surface area contributed by atoms with Crippen molar-refractivity contribution in [2.45, 2.75) is 32.1 Å². The van der Waals surface area contributed by atoms with Crippen molar-refractivity contribution in [3.63, 3.8) is 0 Å². The lowest BCUT2D eigenvalue weighted by Gasteiger charge is -2.31. The molecule has 0 spiro atoms. The molecule has 0 heterocycles. The molecule has 0 aliphatic heterocycles. The summed E-state index contributed by atoms with van der Waals surface area (Å²) in [6.07, 6.45) is 6.37. The zero-order chi connectivity index (χ0) is 6.97. The van der Waals surface area contributed by atoms with Crippen LogP contribution < -0.4 is 0 Å². The van der Waals surface area contributed by atoms with Gasteiger partial charge in [0.2, 0.25) is 0 Å². The highest BCUT2D eigenvalue weighted by molar-refractivity contribution is 5.08. The number of hydrogen-bond acceptors (Lipinski definition) is 1. The highest BCUT2D eigenvalue weighted by atomic mass is 14.4. The minimum atomic E-state index is 0.387. The summed E-state index contributed by atoms with van der Waals surface area (Å²) in [5.74, 6) is 2.80. The highest BCUT2D eigenvalue weighted by Crippen LogP contribution is 2.45. The van der Waals surface area contributed by atoms with E-state index in [1.54, 1.807) is 5.92 Å². The van der Waals surface area contributed by atoms with E-state index in [-0.39, 0.29) is 0 Å². The summed E-state index contributed by atoms with van der Waals surface area (Å²) in [5.41, 5.74) is 0. The van der Waals surface area contributed by atoms with E-state index in [9.17, 15) is 0 Å². The van der Waals surface area contributed by atoms with Gasteiger partial charge in [0, 0.05) is 0 Å². The third-order valence-electron chi connectivity index (χ3n) is 2.98. The Labute approximate surface area is 62.0 Å². The van der Waals surface area contributed by atoms with Gasteiger partial charge < -0.3 is 0 Å². The quantitative estimate of drug-likeness (QED) is 0.466. The summed E-state index contributed by atoms with van der Waals surface area (Å²) in [6, 6.07) is 2.41. The van der Waals surface area contributed by atoms with E-state index in [1.165, 1.54) is 25.7 Å². The van der Waals surface area contributed by atoms with Gasteiger partial charge >= 0.3 is 0 Å². The molecule has 3 aliphatic rings. The molecule has 0 amide bonds. The number of hydrogen-bond donors (Lipinski definition) is 0. The molecule has 0 saturated heterocycles. The lowest BCUT2D eigenvalue weighted by atomic mass is 9.65. The van der Waals surface area contributed by atoms with Gasteiger partial charge in [-0.3, -0.25) is 0 Å². The van der Waals surface area contributed by atoms with Crippen LogP contribution in [0.5, 0.6) is 0 Å². The molecule has 10 heavy (non-hydrogen) atoms. The van der Waals surface area contributed by atoms with Crippen molar-refractivity contribution in [3.05, 3.63) is 5.92 Å². The van der Waals surface area contributed by atoms with Crippen molar-refractivity contribution in [1.29, 1.82) is 5.26 Å². The Hall–Kier alpha value is -0.640. The SMILES string of the molecule is N#CC1C[C+]2CCC1CC2. The Kier molecular flexibility index (Phi) is 1.34. The van der Waals surface area contributed by atoms with E-state index in [0.29, 0.717) is 5.92 Å². The first kappa shape index (κ1) is 6.09. The molecule has 0 aromatic carbocycles. The van der Waals surface area contributed by atoms with Crippen LogP contribution in [0.15, 0.2) is 0 Å². The van der Waals surface area contributed by atoms with Crippen LogP contribution in [0.25, 0.3) is 0 Å². The van der Waals surface area contributed by atoms with Crippen LogP contribution in [-0.2, 0) is 0 Å². The van der Waals surface area contributed by atoms with Crippen LogP contribution in [-0.4, -0.2) is 0 Å². The average molecular weight is 134 g/mol. The maximum absolute atomic E-state index is 8.75. The van der Waals surface area contributed by atoms with E-state index in [1.807, 2.05) is 0 Å². The topological polar surface area (TPSA) is 23.8 Å². The third-order valence-corrected chi connectivity index (χ3v) is 2.98. The average Bonchev–Trinajstić information content (AvgIpc) is 2.06. The minimum absolute atomic E-state index is 0.387. The van der Waals surface area contributed by atoms with E-state index in [2.05, 4.69) is 6.07 Å². The van der Waals surface area contributed by atoms with Crippen LogP contribution in [0.1, 0.15) is 32.1 Å². The van der Waals surface area contributed by atoms with Gasteiger partial charge in [0.05, 0.1) is 30.7 Å². The molecular weight excluding hydrogens is 122 g/mol. The maximum atomic E-state index is 8.75. The first-order chi connectivity index (χ1) is 4.90. The summed E-state index contributed by atoms with van der Waals surface area (Å²) in [4.78, 5) is 0. The molecule has 1 unspecified atom stereocenters. The van der Waals surface area contributed by atoms with Gasteiger partial charge in [0.1, 0.15) is 6.42 Å². The Balaban J connectivity index is 2.09. The second-order valence-corrected chi connectivity index (χ2v) is 3.53. The standard InChI is InChI=1S/C9H12N/c10-6-9-5-7-1-3-8(9)4-2-7/h8-9H,1-5H2/q+1. The number of nitrogens with zero attached hydrogens (tertiary/aromatic N) is 1. The van der Waals surface area contributed by atoms with Gasteiger partial charge in [0.15, 0.2) is 0 Å². The Bertz CT molecular complexity index is 160. The van der Waals surface area contributed by atoms with Crippen LogP contribution in [0, 0.1) is 29.1 Å². The smallest absolute Gasteiger partial charge is 0.106 e. The molecule has 1 atom stereocenters. The zero-order valence-electron chi connectivity index (χ0n) is 6.14. The first-order valence-corrected chi connectivity index (χ1v) is 4.13. The fraction of sp³-hybridized carbons (Fsp3) is 0.778. The van der Waals surface area contributed by atoms with Gasteiger partial charge in [-0.25, -0.2) is 0 Å². The lowest BCUT2D eigenvalue weighted by molar-refractivity contribution is 0.227. The van der Waals surface area contributed by atoms with Crippen molar-refractivity contribution in [1.82, 2.24) is 0 Å². The molecule has 52 valence electrons. The van der Waals surface area contributed by atoms with Crippen molar-refractivity contribution in [2.24, 2.45) is 11.8 Å². The van der Waals surface area contributed by atoms with Crippen molar-refractivity contribution in [3.8, 4) is 6.07 Å². The maximum Gasteiger partial charge on any atom is 0.106 e. The fourth-order valence-corrected chi connectivity index (χ4v) is 2.28. The summed E-state index contributed by atoms with van der Waals surface area (Å²) in [6.45, 7) is 0. The van der Waals surface area contributed by atoms with Gasteiger partial charge in [-0.2, -0.15) is 5.26 Å². The van der Waals surface area contributed by atoms with Gasteiger partial charge in [-0.05, 0) is 18.8 Å². The Morgan fingerprint density at radius 3 is 2.30 bits per heavy atom. The van der Waals surface area contributed by atoms with Crippen LogP contribution in [0.4, 0.5) is 0 Å². The predicted molar refractivity (Wildman–Crippen MR) is 38.9 cm³/mol. The molecule has 3 fully saturated rings. The molecule has 0 aromatic heterocycles. The molecule has 0 radical (unpaired) electrons. The number of fused-ring (bicyclic) bond motifs is 3. The Morgan fingerprint density at radius 2 is 2.00 bits per heavy atom. The zero-order valence-corrected chi connectivity index (χ0v) is 6.14. The van der Waals surface area contributed by atoms with Crippen LogP contribution in [0.2, 0.25) is 0 Å². The first-order valence-electron chi connectivity index (χ1n) is 4.13. The normalized spacial score (nSPS) is 37.7. The molecule has 3 rings (SSSR count). The van der Waals surface area contributed by atoms with Gasteiger partial charge in [-0.1, -0.05) is 0 Å². The Morgan fingerprint density at radius 1 is 1.30 bits per heavy atom. The minimum Gasteiger partial charge on any atom is -0.198 e. The fourth-order valence-electron chi connectivity index (χ4n) is 2.28. The molecule has 1 nitrogen and oxygen atoms in total. The lowest BCUT2D eigenvalue weighted by Crippen LogP contribution is -2.28. The van der Waals surface area contributed by atoms with Crippen molar-refractivity contribution >= 4 is 0 Å². The van der Waals surface area contributed by atoms with Crippen LogP contribution >= 0.6 is 0 Å². The summed E-state index contributed by atoms with van der Waals surface area (Å²) < 4.78 is 0. The van der Waals surface area contributed by atoms with Gasteiger partial charge in [-0.15, -0.1) is 0 Å².